The van der Waals surface area contributed by atoms with Crippen LogP contribution in [0.25, 0.3) is 0 Å². The van der Waals surface area contributed by atoms with Gasteiger partial charge in [0.15, 0.2) is 0 Å². The number of rotatable bonds is 5. The molecule has 0 aliphatic carbocycles. The van der Waals surface area contributed by atoms with Gasteiger partial charge in [0, 0.05) is 0 Å². The minimum Gasteiger partial charge on any atom is -0.457 e. The number of ether oxygens (including phenoxy) is 1. The van der Waals surface area contributed by atoms with Gasteiger partial charge in [-0.05, 0) is 41.7 Å². The van der Waals surface area contributed by atoms with Gasteiger partial charge >= 0.3 is 0 Å². The molecule has 1 unspecified atom stereocenters. The van der Waals surface area contributed by atoms with Gasteiger partial charge in [0.2, 0.25) is 0 Å². The molecule has 0 aromatic heterocycles. The van der Waals surface area contributed by atoms with Crippen molar-refractivity contribution in [2.24, 2.45) is 0 Å². The van der Waals surface area contributed by atoms with E-state index in [-0.39, 0.29) is 6.61 Å². The fourth-order valence-corrected chi connectivity index (χ4v) is 1.99. The first-order valence-electron chi connectivity index (χ1n) is 6.71. The van der Waals surface area contributed by atoms with Crippen LogP contribution in [0.5, 0.6) is 11.5 Å². The van der Waals surface area contributed by atoms with Crippen LogP contribution < -0.4 is 4.74 Å². The van der Waals surface area contributed by atoms with Crippen LogP contribution in [-0.4, -0.2) is 5.11 Å². The minimum absolute atomic E-state index is 0.0593. The fraction of sp³-hybridized carbons (Fsp3) is 0.294. The highest BCUT2D eigenvalue weighted by Crippen LogP contribution is 2.31. The first-order valence-corrected chi connectivity index (χ1v) is 6.71. The van der Waals surface area contributed by atoms with Crippen molar-refractivity contribution < 1.29 is 9.84 Å². The van der Waals surface area contributed by atoms with Crippen LogP contribution in [0.4, 0.5) is 0 Å². The summed E-state index contributed by atoms with van der Waals surface area (Å²) in [4.78, 5) is 0. The van der Waals surface area contributed by atoms with E-state index >= 15 is 0 Å². The molecule has 2 aromatic carbocycles. The molecule has 0 aliphatic rings. The summed E-state index contributed by atoms with van der Waals surface area (Å²) >= 11 is 0. The van der Waals surface area contributed by atoms with Gasteiger partial charge in [0.1, 0.15) is 11.5 Å². The SMILES string of the molecule is CCC(C)c1ccccc1Oc1ccc(CO)cc1. The highest BCUT2D eigenvalue weighted by Gasteiger charge is 2.10. The number of hydrogen-bond donors (Lipinski definition) is 1. The monoisotopic (exact) mass is 256 g/mol. The lowest BCUT2D eigenvalue weighted by molar-refractivity contribution is 0.281. The van der Waals surface area contributed by atoms with Crippen molar-refractivity contribution in [1.82, 2.24) is 0 Å². The average Bonchev–Trinajstić information content (AvgIpc) is 2.48. The highest BCUT2D eigenvalue weighted by molar-refractivity contribution is 5.40. The third kappa shape index (κ3) is 3.36. The van der Waals surface area contributed by atoms with Gasteiger partial charge in [-0.15, -0.1) is 0 Å². The molecule has 1 atom stereocenters. The maximum absolute atomic E-state index is 9.03. The Morgan fingerprint density at radius 2 is 1.74 bits per heavy atom. The number of aliphatic hydroxyl groups excluding tert-OH is 1. The van der Waals surface area contributed by atoms with E-state index in [0.717, 1.165) is 23.5 Å². The van der Waals surface area contributed by atoms with Crippen molar-refractivity contribution >= 4 is 0 Å². The molecule has 1 N–H and O–H groups in total. The van der Waals surface area contributed by atoms with Gasteiger partial charge in [-0.2, -0.15) is 0 Å². The predicted molar refractivity (Wildman–Crippen MR) is 77.6 cm³/mol. The molecular weight excluding hydrogens is 236 g/mol. The Bertz CT molecular complexity index is 517. The second-order valence-electron chi connectivity index (χ2n) is 4.75. The number of aliphatic hydroxyl groups is 1. The Morgan fingerprint density at radius 1 is 1.05 bits per heavy atom. The summed E-state index contributed by atoms with van der Waals surface area (Å²) in [5.41, 5.74) is 2.12. The van der Waals surface area contributed by atoms with Crippen LogP contribution in [0.1, 0.15) is 37.3 Å². The van der Waals surface area contributed by atoms with Crippen molar-refractivity contribution in [3.8, 4) is 11.5 Å². The number of para-hydroxylation sites is 1. The summed E-state index contributed by atoms with van der Waals surface area (Å²) in [5, 5.41) is 9.03. The lowest BCUT2D eigenvalue weighted by Gasteiger charge is -2.15. The van der Waals surface area contributed by atoms with Crippen LogP contribution in [0, 0.1) is 0 Å². The molecular formula is C17H20O2. The smallest absolute Gasteiger partial charge is 0.130 e. The molecule has 100 valence electrons. The summed E-state index contributed by atoms with van der Waals surface area (Å²) in [7, 11) is 0. The molecule has 0 amide bonds. The van der Waals surface area contributed by atoms with E-state index < -0.39 is 0 Å². The van der Waals surface area contributed by atoms with E-state index in [2.05, 4.69) is 19.9 Å². The van der Waals surface area contributed by atoms with E-state index in [4.69, 9.17) is 9.84 Å². The normalized spacial score (nSPS) is 12.2. The van der Waals surface area contributed by atoms with Crippen molar-refractivity contribution in [3.05, 3.63) is 59.7 Å². The molecule has 0 heterocycles. The van der Waals surface area contributed by atoms with Crippen LogP contribution in [0.15, 0.2) is 48.5 Å². The Hall–Kier alpha value is -1.80. The number of benzene rings is 2. The molecule has 0 aliphatic heterocycles. The maximum Gasteiger partial charge on any atom is 0.130 e. The highest BCUT2D eigenvalue weighted by atomic mass is 16.5. The summed E-state index contributed by atoms with van der Waals surface area (Å²) in [6.45, 7) is 4.44. The van der Waals surface area contributed by atoms with Crippen LogP contribution in [-0.2, 0) is 6.61 Å². The molecule has 0 spiro atoms. The third-order valence-electron chi connectivity index (χ3n) is 3.40. The van der Waals surface area contributed by atoms with Crippen LogP contribution >= 0.6 is 0 Å². The van der Waals surface area contributed by atoms with Crippen molar-refractivity contribution in [2.75, 3.05) is 0 Å². The van der Waals surface area contributed by atoms with E-state index in [1.165, 1.54) is 5.56 Å². The van der Waals surface area contributed by atoms with Gasteiger partial charge < -0.3 is 9.84 Å². The minimum atomic E-state index is 0.0593. The predicted octanol–water partition coefficient (Wildman–Crippen LogP) is 4.48. The largest absolute Gasteiger partial charge is 0.457 e. The molecule has 0 bridgehead atoms. The fourth-order valence-electron chi connectivity index (χ4n) is 1.99. The second kappa shape index (κ2) is 6.39. The topological polar surface area (TPSA) is 29.5 Å². The van der Waals surface area contributed by atoms with Crippen molar-refractivity contribution in [1.29, 1.82) is 0 Å². The van der Waals surface area contributed by atoms with Gasteiger partial charge in [-0.1, -0.05) is 44.2 Å². The van der Waals surface area contributed by atoms with E-state index in [9.17, 15) is 0 Å². The molecule has 2 heteroatoms. The van der Waals surface area contributed by atoms with Gasteiger partial charge in [-0.3, -0.25) is 0 Å². The van der Waals surface area contributed by atoms with Crippen LogP contribution in [0.2, 0.25) is 0 Å². The quantitative estimate of drug-likeness (QED) is 0.854. The van der Waals surface area contributed by atoms with Crippen molar-refractivity contribution in [3.63, 3.8) is 0 Å². The zero-order valence-corrected chi connectivity index (χ0v) is 11.5. The zero-order valence-electron chi connectivity index (χ0n) is 11.5. The third-order valence-corrected chi connectivity index (χ3v) is 3.40. The summed E-state index contributed by atoms with van der Waals surface area (Å²) < 4.78 is 5.95. The Morgan fingerprint density at radius 3 is 2.37 bits per heavy atom. The molecule has 2 rings (SSSR count). The molecule has 0 radical (unpaired) electrons. The molecule has 2 nitrogen and oxygen atoms in total. The van der Waals surface area contributed by atoms with Crippen molar-refractivity contribution in [2.45, 2.75) is 32.8 Å². The molecule has 0 saturated carbocycles. The first-order chi connectivity index (χ1) is 9.24. The maximum atomic E-state index is 9.03. The molecule has 19 heavy (non-hydrogen) atoms. The van der Waals surface area contributed by atoms with Gasteiger partial charge in [-0.25, -0.2) is 0 Å². The molecule has 2 aromatic rings. The van der Waals surface area contributed by atoms with Crippen LogP contribution in [0.3, 0.4) is 0 Å². The Kier molecular flexibility index (Phi) is 4.58. The lowest BCUT2D eigenvalue weighted by atomic mass is 9.98. The summed E-state index contributed by atoms with van der Waals surface area (Å²) in [5.74, 6) is 2.19. The van der Waals surface area contributed by atoms with Gasteiger partial charge in [0.25, 0.3) is 0 Å². The van der Waals surface area contributed by atoms with E-state index in [1.54, 1.807) is 0 Å². The van der Waals surface area contributed by atoms with Gasteiger partial charge in [0.05, 0.1) is 6.61 Å². The summed E-state index contributed by atoms with van der Waals surface area (Å²) in [6, 6.07) is 15.7. The second-order valence-corrected chi connectivity index (χ2v) is 4.75. The summed E-state index contributed by atoms with van der Waals surface area (Å²) in [6.07, 6.45) is 1.09. The molecule has 0 fully saturated rings. The lowest BCUT2D eigenvalue weighted by Crippen LogP contribution is -1.96. The first kappa shape index (κ1) is 13.6. The van der Waals surface area contributed by atoms with E-state index in [1.807, 2.05) is 42.5 Å². The average molecular weight is 256 g/mol. The molecule has 0 saturated heterocycles. The number of hydrogen-bond acceptors (Lipinski definition) is 2. The Balaban J connectivity index is 2.22. The zero-order chi connectivity index (χ0) is 13.7. The van der Waals surface area contributed by atoms with E-state index in [0.29, 0.717) is 5.92 Å². The standard InChI is InChI=1S/C17H20O2/c1-3-13(2)16-6-4-5-7-17(16)19-15-10-8-14(12-18)9-11-15/h4-11,13,18H,3,12H2,1-2H3. The Labute approximate surface area is 114 Å².